The van der Waals surface area contributed by atoms with Gasteiger partial charge in [0.15, 0.2) is 0 Å². The number of carbonyl (C=O) groups is 1. The van der Waals surface area contributed by atoms with Gasteiger partial charge < -0.3 is 9.84 Å². The summed E-state index contributed by atoms with van der Waals surface area (Å²) in [6.07, 6.45) is 2.59. The fourth-order valence-corrected chi connectivity index (χ4v) is 3.37. The summed E-state index contributed by atoms with van der Waals surface area (Å²) in [5, 5.41) is 20.8. The SMILES string of the molecule is O=C(O)C1CCCCN1Cc1ccc(Oc2ccc(Cl)cc2[N+](=O)[O-])cc1. The number of carboxylic acid groups (broad SMARTS) is 1. The molecular formula is C19H19ClN2O5. The van der Waals surface area contributed by atoms with Crippen LogP contribution in [0.3, 0.4) is 0 Å². The lowest BCUT2D eigenvalue weighted by Crippen LogP contribution is -2.43. The first-order valence-electron chi connectivity index (χ1n) is 8.61. The number of carboxylic acids is 1. The van der Waals surface area contributed by atoms with Crippen LogP contribution in [0.4, 0.5) is 5.69 Å². The number of benzene rings is 2. The van der Waals surface area contributed by atoms with E-state index < -0.39 is 16.9 Å². The molecule has 142 valence electrons. The molecule has 0 spiro atoms. The van der Waals surface area contributed by atoms with E-state index in [1.807, 2.05) is 17.0 Å². The third-order valence-corrected chi connectivity index (χ3v) is 4.79. The van der Waals surface area contributed by atoms with Crippen LogP contribution in [0.5, 0.6) is 11.5 Å². The highest BCUT2D eigenvalue weighted by atomic mass is 35.5. The molecule has 3 rings (SSSR count). The number of likely N-dealkylation sites (tertiary alicyclic amines) is 1. The van der Waals surface area contributed by atoms with E-state index in [4.69, 9.17) is 16.3 Å². The minimum atomic E-state index is -0.787. The molecule has 2 aromatic rings. The number of nitro groups is 1. The Bertz CT molecular complexity index is 840. The van der Waals surface area contributed by atoms with Gasteiger partial charge in [-0.3, -0.25) is 19.8 Å². The quantitative estimate of drug-likeness (QED) is 0.577. The van der Waals surface area contributed by atoms with Crippen molar-refractivity contribution < 1.29 is 19.6 Å². The van der Waals surface area contributed by atoms with E-state index in [2.05, 4.69) is 0 Å². The number of rotatable bonds is 6. The molecule has 1 N–H and O–H groups in total. The molecule has 0 saturated carbocycles. The largest absolute Gasteiger partial charge is 0.480 e. The highest BCUT2D eigenvalue weighted by Crippen LogP contribution is 2.33. The van der Waals surface area contributed by atoms with Crippen LogP contribution in [0.1, 0.15) is 24.8 Å². The summed E-state index contributed by atoms with van der Waals surface area (Å²) in [5.41, 5.74) is 0.755. The zero-order valence-corrected chi connectivity index (χ0v) is 15.3. The predicted molar refractivity (Wildman–Crippen MR) is 100 cm³/mol. The van der Waals surface area contributed by atoms with Gasteiger partial charge in [-0.1, -0.05) is 30.2 Å². The van der Waals surface area contributed by atoms with Gasteiger partial charge in [-0.15, -0.1) is 0 Å². The Morgan fingerprint density at radius 2 is 2.00 bits per heavy atom. The Kier molecular flexibility index (Phi) is 5.93. The predicted octanol–water partition coefficient (Wildman–Crippen LogP) is 4.48. The van der Waals surface area contributed by atoms with Crippen LogP contribution in [-0.2, 0) is 11.3 Å². The second kappa shape index (κ2) is 8.37. The van der Waals surface area contributed by atoms with Crippen molar-refractivity contribution in [3.8, 4) is 11.5 Å². The normalized spacial score (nSPS) is 17.4. The second-order valence-corrected chi connectivity index (χ2v) is 6.87. The van der Waals surface area contributed by atoms with Crippen molar-refractivity contribution in [2.24, 2.45) is 0 Å². The van der Waals surface area contributed by atoms with Gasteiger partial charge in [-0.05, 0) is 49.2 Å². The molecule has 27 heavy (non-hydrogen) atoms. The van der Waals surface area contributed by atoms with Crippen LogP contribution in [-0.4, -0.2) is 33.5 Å². The minimum absolute atomic E-state index is 0.110. The number of nitrogens with zero attached hydrogens (tertiary/aromatic N) is 2. The lowest BCUT2D eigenvalue weighted by Gasteiger charge is -2.32. The van der Waals surface area contributed by atoms with Crippen LogP contribution >= 0.6 is 11.6 Å². The van der Waals surface area contributed by atoms with Crippen molar-refractivity contribution in [3.63, 3.8) is 0 Å². The highest BCUT2D eigenvalue weighted by Gasteiger charge is 2.28. The zero-order valence-electron chi connectivity index (χ0n) is 14.5. The first-order valence-corrected chi connectivity index (χ1v) is 8.99. The number of hydrogen-bond donors (Lipinski definition) is 1. The number of piperidine rings is 1. The lowest BCUT2D eigenvalue weighted by molar-refractivity contribution is -0.385. The molecule has 8 heteroatoms. The Morgan fingerprint density at radius 1 is 1.26 bits per heavy atom. The first kappa shape index (κ1) is 19.1. The second-order valence-electron chi connectivity index (χ2n) is 6.44. The molecule has 1 unspecified atom stereocenters. The van der Waals surface area contributed by atoms with Crippen molar-refractivity contribution in [2.45, 2.75) is 31.8 Å². The fraction of sp³-hybridized carbons (Fsp3) is 0.316. The molecule has 1 saturated heterocycles. The lowest BCUT2D eigenvalue weighted by atomic mass is 10.0. The van der Waals surface area contributed by atoms with E-state index in [1.54, 1.807) is 12.1 Å². The summed E-state index contributed by atoms with van der Waals surface area (Å²) in [4.78, 5) is 24.0. The Hall–Kier alpha value is -2.64. The standard InChI is InChI=1S/C19H19ClN2O5/c20-14-6-9-18(17(11-14)22(25)26)27-15-7-4-13(5-8-15)12-21-10-2-1-3-16(21)19(23)24/h4-9,11,16H,1-3,10,12H2,(H,23,24). The molecule has 1 aliphatic rings. The maximum atomic E-state index is 11.4. The van der Waals surface area contributed by atoms with Crippen molar-refractivity contribution in [3.05, 3.63) is 63.2 Å². The topological polar surface area (TPSA) is 92.9 Å². The summed E-state index contributed by atoms with van der Waals surface area (Å²) in [6.45, 7) is 1.30. The molecule has 0 amide bonds. The molecule has 7 nitrogen and oxygen atoms in total. The first-order chi connectivity index (χ1) is 12.9. The highest BCUT2D eigenvalue weighted by molar-refractivity contribution is 6.30. The maximum absolute atomic E-state index is 11.4. The molecule has 0 radical (unpaired) electrons. The van der Waals surface area contributed by atoms with Crippen molar-refractivity contribution >= 4 is 23.3 Å². The Labute approximate surface area is 161 Å². The average molecular weight is 391 g/mol. The fourth-order valence-electron chi connectivity index (χ4n) is 3.20. The number of ether oxygens (including phenoxy) is 1. The Morgan fingerprint density at radius 3 is 2.67 bits per heavy atom. The van der Waals surface area contributed by atoms with E-state index in [1.165, 1.54) is 18.2 Å². The van der Waals surface area contributed by atoms with Crippen LogP contribution in [0.2, 0.25) is 5.02 Å². The molecule has 1 fully saturated rings. The van der Waals surface area contributed by atoms with Gasteiger partial charge in [0, 0.05) is 17.6 Å². The number of nitro benzene ring substituents is 1. The van der Waals surface area contributed by atoms with Gasteiger partial charge in [0.1, 0.15) is 11.8 Å². The van der Waals surface area contributed by atoms with Crippen LogP contribution in [0, 0.1) is 10.1 Å². The van der Waals surface area contributed by atoms with Gasteiger partial charge in [-0.25, -0.2) is 0 Å². The van der Waals surface area contributed by atoms with E-state index >= 15 is 0 Å². The monoisotopic (exact) mass is 390 g/mol. The van der Waals surface area contributed by atoms with Gasteiger partial charge in [0.05, 0.1) is 4.92 Å². The molecule has 2 aromatic carbocycles. The van der Waals surface area contributed by atoms with Crippen LogP contribution in [0.15, 0.2) is 42.5 Å². The summed E-state index contributed by atoms with van der Waals surface area (Å²) in [5.74, 6) is -0.221. The van der Waals surface area contributed by atoms with E-state index in [0.717, 1.165) is 24.9 Å². The molecule has 1 heterocycles. The van der Waals surface area contributed by atoms with E-state index in [9.17, 15) is 20.0 Å². The van der Waals surface area contributed by atoms with Gasteiger partial charge in [0.2, 0.25) is 5.75 Å². The minimum Gasteiger partial charge on any atom is -0.480 e. The maximum Gasteiger partial charge on any atom is 0.320 e. The van der Waals surface area contributed by atoms with Crippen molar-refractivity contribution in [1.82, 2.24) is 4.90 Å². The van der Waals surface area contributed by atoms with Gasteiger partial charge >= 0.3 is 11.7 Å². The molecule has 1 atom stereocenters. The summed E-state index contributed by atoms with van der Waals surface area (Å²) < 4.78 is 5.62. The van der Waals surface area contributed by atoms with Crippen molar-refractivity contribution in [2.75, 3.05) is 6.54 Å². The Balaban J connectivity index is 1.71. The van der Waals surface area contributed by atoms with Crippen molar-refractivity contribution in [1.29, 1.82) is 0 Å². The smallest absolute Gasteiger partial charge is 0.320 e. The summed E-state index contributed by atoms with van der Waals surface area (Å²) >= 11 is 5.80. The van der Waals surface area contributed by atoms with E-state index in [0.29, 0.717) is 18.7 Å². The third-order valence-electron chi connectivity index (χ3n) is 4.55. The number of aliphatic carboxylic acids is 1. The van der Waals surface area contributed by atoms with Gasteiger partial charge in [0.25, 0.3) is 0 Å². The molecule has 0 aromatic heterocycles. The molecule has 0 bridgehead atoms. The average Bonchev–Trinajstić information content (AvgIpc) is 2.65. The molecule has 0 aliphatic carbocycles. The molecular weight excluding hydrogens is 372 g/mol. The van der Waals surface area contributed by atoms with E-state index in [-0.39, 0.29) is 16.5 Å². The summed E-state index contributed by atoms with van der Waals surface area (Å²) in [6, 6.07) is 10.9. The van der Waals surface area contributed by atoms with Crippen LogP contribution < -0.4 is 4.74 Å². The number of hydrogen-bond acceptors (Lipinski definition) is 5. The number of halogens is 1. The third kappa shape index (κ3) is 4.75. The van der Waals surface area contributed by atoms with Crippen LogP contribution in [0.25, 0.3) is 0 Å². The zero-order chi connectivity index (χ0) is 19.4. The summed E-state index contributed by atoms with van der Waals surface area (Å²) in [7, 11) is 0. The van der Waals surface area contributed by atoms with Gasteiger partial charge in [-0.2, -0.15) is 0 Å². The molecule has 1 aliphatic heterocycles.